The summed E-state index contributed by atoms with van der Waals surface area (Å²) in [5.41, 5.74) is 0. The summed E-state index contributed by atoms with van der Waals surface area (Å²) in [6.45, 7) is 4.01. The van der Waals surface area contributed by atoms with Gasteiger partial charge in [0.1, 0.15) is 6.61 Å². The number of aliphatic hydroxyl groups is 1. The molecule has 0 rings (SSSR count). The molecule has 1 atom stereocenters. The van der Waals surface area contributed by atoms with Gasteiger partial charge in [-0.2, -0.15) is 0 Å². The van der Waals surface area contributed by atoms with Gasteiger partial charge in [-0.1, -0.05) is 120 Å². The highest BCUT2D eigenvalue weighted by molar-refractivity contribution is 5.70. The molecule has 0 radical (unpaired) electrons. The first-order valence-corrected chi connectivity index (χ1v) is 17.8. The monoisotopic (exact) mass is 614 g/mol. The van der Waals surface area contributed by atoms with Gasteiger partial charge in [-0.25, -0.2) is 0 Å². The second-order valence-electron chi connectivity index (χ2n) is 11.6. The van der Waals surface area contributed by atoms with Crippen molar-refractivity contribution in [1.82, 2.24) is 0 Å². The molecule has 0 heterocycles. The van der Waals surface area contributed by atoms with E-state index in [1.807, 2.05) is 0 Å². The Bertz CT molecular complexity index is 792. The molecule has 0 spiro atoms. The summed E-state index contributed by atoms with van der Waals surface area (Å²) in [6.07, 6.45) is 44.1. The summed E-state index contributed by atoms with van der Waals surface area (Å²) < 4.78 is 10.5. The van der Waals surface area contributed by atoms with Gasteiger partial charge in [-0.05, 0) is 83.5 Å². The van der Waals surface area contributed by atoms with Crippen LogP contribution in [0.25, 0.3) is 0 Å². The molecule has 1 N–H and O–H groups in total. The van der Waals surface area contributed by atoms with Gasteiger partial charge >= 0.3 is 11.9 Å². The zero-order chi connectivity index (χ0) is 32.2. The molecule has 0 aromatic heterocycles. The Morgan fingerprint density at radius 2 is 0.909 bits per heavy atom. The highest BCUT2D eigenvalue weighted by Crippen LogP contribution is 2.10. The van der Waals surface area contributed by atoms with Crippen LogP contribution in [-0.2, 0) is 19.1 Å². The number of esters is 2. The first kappa shape index (κ1) is 41.6. The average Bonchev–Trinajstić information content (AvgIpc) is 3.02. The third-order valence-electron chi connectivity index (χ3n) is 7.28. The van der Waals surface area contributed by atoms with E-state index < -0.39 is 6.10 Å². The number of rotatable bonds is 31. The van der Waals surface area contributed by atoms with Gasteiger partial charge < -0.3 is 14.6 Å². The minimum Gasteiger partial charge on any atom is -0.462 e. The third-order valence-corrected chi connectivity index (χ3v) is 7.28. The highest BCUT2D eigenvalue weighted by Gasteiger charge is 2.16. The molecule has 0 aromatic carbocycles. The fourth-order valence-electron chi connectivity index (χ4n) is 4.53. The van der Waals surface area contributed by atoms with Crippen molar-refractivity contribution in [3.63, 3.8) is 0 Å². The highest BCUT2D eigenvalue weighted by atomic mass is 16.6. The minimum atomic E-state index is -0.794. The zero-order valence-electron chi connectivity index (χ0n) is 28.4. The van der Waals surface area contributed by atoms with Crippen LogP contribution in [0.3, 0.4) is 0 Å². The van der Waals surface area contributed by atoms with E-state index in [0.717, 1.165) is 70.6 Å². The quantitative estimate of drug-likeness (QED) is 0.0478. The van der Waals surface area contributed by atoms with Crippen LogP contribution in [0.1, 0.15) is 155 Å². The molecule has 0 aliphatic rings. The number of carbonyl (C=O) groups is 2. The fourth-order valence-corrected chi connectivity index (χ4v) is 4.53. The molecular weight excluding hydrogens is 548 g/mol. The van der Waals surface area contributed by atoms with Gasteiger partial charge in [0.15, 0.2) is 6.10 Å². The van der Waals surface area contributed by atoms with Gasteiger partial charge in [0.2, 0.25) is 0 Å². The Morgan fingerprint density at radius 1 is 0.523 bits per heavy atom. The first-order chi connectivity index (χ1) is 21.6. The molecule has 0 unspecified atom stereocenters. The molecule has 0 bridgehead atoms. The van der Waals surface area contributed by atoms with E-state index in [2.05, 4.69) is 74.6 Å². The van der Waals surface area contributed by atoms with Crippen LogP contribution >= 0.6 is 0 Å². The second kappa shape index (κ2) is 35.1. The van der Waals surface area contributed by atoms with Crippen LogP contribution in [-0.4, -0.2) is 36.4 Å². The van der Waals surface area contributed by atoms with Gasteiger partial charge in [0.05, 0.1) is 6.61 Å². The maximum absolute atomic E-state index is 12.1. The third kappa shape index (κ3) is 32.5. The number of unbranched alkanes of at least 4 members (excludes halogenated alkanes) is 13. The lowest BCUT2D eigenvalue weighted by Crippen LogP contribution is -2.28. The average molecular weight is 615 g/mol. The van der Waals surface area contributed by atoms with E-state index in [1.54, 1.807) is 0 Å². The van der Waals surface area contributed by atoms with Crippen molar-refractivity contribution in [3.05, 3.63) is 60.8 Å². The summed E-state index contributed by atoms with van der Waals surface area (Å²) >= 11 is 0. The summed E-state index contributed by atoms with van der Waals surface area (Å²) in [7, 11) is 0. The lowest BCUT2D eigenvalue weighted by Gasteiger charge is -2.15. The predicted octanol–water partition coefficient (Wildman–Crippen LogP) is 10.8. The first-order valence-electron chi connectivity index (χ1n) is 17.8. The fraction of sp³-hybridized carbons (Fsp3) is 0.692. The maximum atomic E-state index is 12.1. The number of aliphatic hydroxyl groups excluding tert-OH is 1. The van der Waals surface area contributed by atoms with E-state index in [9.17, 15) is 14.7 Å². The molecule has 0 aliphatic heterocycles. The lowest BCUT2D eigenvalue weighted by atomic mass is 10.1. The van der Waals surface area contributed by atoms with Crippen molar-refractivity contribution in [2.45, 2.75) is 161 Å². The standard InChI is InChI=1S/C39H66O5/c1-3-5-7-9-11-13-15-17-19-21-23-25-27-29-31-33-38(41)43-36-37(35-40)44-39(42)34-32-30-28-26-24-22-20-18-16-14-12-10-8-6-4-2/h11-14,17-20,23,25,37,40H,3-10,15-16,21-22,24,26-36H2,1-2H3/b13-11-,14-12-,19-17-,20-18-,25-23-/t37-/m0/s1. The van der Waals surface area contributed by atoms with E-state index in [1.165, 1.54) is 57.8 Å². The Labute approximate surface area is 271 Å². The van der Waals surface area contributed by atoms with Gasteiger partial charge in [-0.3, -0.25) is 9.59 Å². The number of allylic oxidation sites excluding steroid dienone is 10. The summed E-state index contributed by atoms with van der Waals surface area (Å²) in [6, 6.07) is 0. The van der Waals surface area contributed by atoms with Crippen LogP contribution in [0, 0.1) is 0 Å². The van der Waals surface area contributed by atoms with Crippen molar-refractivity contribution in [1.29, 1.82) is 0 Å². The van der Waals surface area contributed by atoms with E-state index >= 15 is 0 Å². The van der Waals surface area contributed by atoms with Gasteiger partial charge in [0, 0.05) is 12.8 Å². The second-order valence-corrected chi connectivity index (χ2v) is 11.6. The molecule has 0 saturated carbocycles. The van der Waals surface area contributed by atoms with Crippen LogP contribution in [0.5, 0.6) is 0 Å². The molecule has 5 heteroatoms. The number of carbonyl (C=O) groups excluding carboxylic acids is 2. The smallest absolute Gasteiger partial charge is 0.306 e. The van der Waals surface area contributed by atoms with Crippen molar-refractivity contribution < 1.29 is 24.2 Å². The topological polar surface area (TPSA) is 72.8 Å². The van der Waals surface area contributed by atoms with Crippen LogP contribution in [0.15, 0.2) is 60.8 Å². The maximum Gasteiger partial charge on any atom is 0.306 e. The van der Waals surface area contributed by atoms with E-state index in [4.69, 9.17) is 9.47 Å². The summed E-state index contributed by atoms with van der Waals surface area (Å²) in [5.74, 6) is -0.658. The Hall–Kier alpha value is -2.40. The Kier molecular flexibility index (Phi) is 33.2. The van der Waals surface area contributed by atoms with Crippen LogP contribution in [0.2, 0.25) is 0 Å². The van der Waals surface area contributed by atoms with Crippen LogP contribution in [0.4, 0.5) is 0 Å². The molecular formula is C39H66O5. The number of hydrogen-bond acceptors (Lipinski definition) is 5. The molecule has 44 heavy (non-hydrogen) atoms. The normalized spacial score (nSPS) is 12.9. The number of ether oxygens (including phenoxy) is 2. The number of hydrogen-bond donors (Lipinski definition) is 1. The molecule has 0 aromatic rings. The summed E-state index contributed by atoms with van der Waals surface area (Å²) in [4.78, 5) is 24.1. The molecule has 5 nitrogen and oxygen atoms in total. The van der Waals surface area contributed by atoms with Crippen molar-refractivity contribution in [2.24, 2.45) is 0 Å². The zero-order valence-corrected chi connectivity index (χ0v) is 28.4. The SMILES string of the molecule is CCCCC/C=C\C/C=C\C/C=C\CCCCC(=O)OC[C@H](CO)OC(=O)CCCCCCC/C=C\C/C=C\CCCCC. The van der Waals surface area contributed by atoms with E-state index in [-0.39, 0.29) is 25.2 Å². The molecule has 0 aliphatic carbocycles. The predicted molar refractivity (Wildman–Crippen MR) is 187 cm³/mol. The van der Waals surface area contributed by atoms with Crippen LogP contribution < -0.4 is 0 Å². The van der Waals surface area contributed by atoms with Gasteiger partial charge in [-0.15, -0.1) is 0 Å². The van der Waals surface area contributed by atoms with E-state index in [0.29, 0.717) is 12.8 Å². The van der Waals surface area contributed by atoms with Crippen molar-refractivity contribution in [3.8, 4) is 0 Å². The molecule has 0 fully saturated rings. The largest absolute Gasteiger partial charge is 0.462 e. The molecule has 0 amide bonds. The molecule has 0 saturated heterocycles. The lowest BCUT2D eigenvalue weighted by molar-refractivity contribution is -0.161. The van der Waals surface area contributed by atoms with Gasteiger partial charge in [0.25, 0.3) is 0 Å². The minimum absolute atomic E-state index is 0.0938. The Morgan fingerprint density at radius 3 is 1.41 bits per heavy atom. The van der Waals surface area contributed by atoms with Crippen molar-refractivity contribution >= 4 is 11.9 Å². The Balaban J connectivity index is 3.70. The van der Waals surface area contributed by atoms with Crippen molar-refractivity contribution in [2.75, 3.05) is 13.2 Å². The summed E-state index contributed by atoms with van der Waals surface area (Å²) in [5, 5.41) is 9.52. The molecule has 252 valence electrons.